The van der Waals surface area contributed by atoms with Gasteiger partial charge in [0.25, 0.3) is 5.91 Å². The van der Waals surface area contributed by atoms with Crippen molar-refractivity contribution in [2.45, 2.75) is 18.8 Å². The molecule has 1 saturated heterocycles. The SMILES string of the molecule is O=C(c1ccsc1)N1CCC[C@H](c2cnccn2)C1. The highest BCUT2D eigenvalue weighted by atomic mass is 32.1. The zero-order chi connectivity index (χ0) is 13.1. The first-order valence-electron chi connectivity index (χ1n) is 6.42. The maximum Gasteiger partial charge on any atom is 0.254 e. The predicted molar refractivity (Wildman–Crippen MR) is 74.2 cm³/mol. The molecule has 0 N–H and O–H groups in total. The summed E-state index contributed by atoms with van der Waals surface area (Å²) in [4.78, 5) is 22.7. The van der Waals surface area contributed by atoms with E-state index in [-0.39, 0.29) is 5.91 Å². The average molecular weight is 273 g/mol. The van der Waals surface area contributed by atoms with E-state index in [1.807, 2.05) is 27.9 Å². The van der Waals surface area contributed by atoms with Gasteiger partial charge in [-0.2, -0.15) is 11.3 Å². The Labute approximate surface area is 116 Å². The minimum absolute atomic E-state index is 0.134. The van der Waals surface area contributed by atoms with Gasteiger partial charge in [-0.15, -0.1) is 0 Å². The maximum atomic E-state index is 12.3. The molecular formula is C14H15N3OS. The first-order chi connectivity index (χ1) is 9.34. The lowest BCUT2D eigenvalue weighted by atomic mass is 9.94. The second kappa shape index (κ2) is 5.48. The Morgan fingerprint density at radius 2 is 2.37 bits per heavy atom. The summed E-state index contributed by atoms with van der Waals surface area (Å²) < 4.78 is 0. The Morgan fingerprint density at radius 1 is 1.42 bits per heavy atom. The molecule has 5 heteroatoms. The van der Waals surface area contributed by atoms with Crippen LogP contribution < -0.4 is 0 Å². The molecule has 3 heterocycles. The average Bonchev–Trinajstić information content (AvgIpc) is 3.02. The van der Waals surface area contributed by atoms with E-state index in [2.05, 4.69) is 9.97 Å². The van der Waals surface area contributed by atoms with E-state index >= 15 is 0 Å². The van der Waals surface area contributed by atoms with Crippen molar-refractivity contribution >= 4 is 17.2 Å². The summed E-state index contributed by atoms with van der Waals surface area (Å²) in [5.74, 6) is 0.444. The molecular weight excluding hydrogens is 258 g/mol. The molecule has 19 heavy (non-hydrogen) atoms. The van der Waals surface area contributed by atoms with Gasteiger partial charge in [0, 0.05) is 43.0 Å². The molecule has 2 aromatic rings. The Balaban J connectivity index is 1.73. The van der Waals surface area contributed by atoms with Crippen LogP contribution in [0, 0.1) is 0 Å². The molecule has 0 bridgehead atoms. The largest absolute Gasteiger partial charge is 0.338 e. The number of rotatable bonds is 2. The van der Waals surface area contributed by atoms with Crippen LogP contribution in [0.3, 0.4) is 0 Å². The number of amides is 1. The van der Waals surface area contributed by atoms with Crippen molar-refractivity contribution in [1.29, 1.82) is 0 Å². The number of carbonyl (C=O) groups excluding carboxylic acids is 1. The van der Waals surface area contributed by atoms with Gasteiger partial charge in [0.1, 0.15) is 0 Å². The molecule has 0 saturated carbocycles. The number of nitrogens with zero attached hydrogens (tertiary/aromatic N) is 3. The molecule has 0 radical (unpaired) electrons. The number of piperidine rings is 1. The van der Waals surface area contributed by atoms with Crippen molar-refractivity contribution in [3.8, 4) is 0 Å². The molecule has 0 aliphatic carbocycles. The van der Waals surface area contributed by atoms with Crippen molar-refractivity contribution < 1.29 is 4.79 Å². The van der Waals surface area contributed by atoms with Crippen molar-refractivity contribution in [2.24, 2.45) is 0 Å². The highest BCUT2D eigenvalue weighted by Gasteiger charge is 2.26. The van der Waals surface area contributed by atoms with Crippen LogP contribution in [0.15, 0.2) is 35.4 Å². The van der Waals surface area contributed by atoms with Gasteiger partial charge in [-0.05, 0) is 24.3 Å². The van der Waals surface area contributed by atoms with Gasteiger partial charge in [-0.3, -0.25) is 14.8 Å². The lowest BCUT2D eigenvalue weighted by molar-refractivity contribution is 0.0706. The molecule has 1 aliphatic heterocycles. The van der Waals surface area contributed by atoms with Gasteiger partial charge < -0.3 is 4.90 Å². The van der Waals surface area contributed by atoms with Crippen LogP contribution in [-0.4, -0.2) is 33.9 Å². The second-order valence-electron chi connectivity index (χ2n) is 4.73. The fraction of sp³-hybridized carbons (Fsp3) is 0.357. The number of thiophene rings is 1. The summed E-state index contributed by atoms with van der Waals surface area (Å²) in [5, 5.41) is 3.85. The number of likely N-dealkylation sites (tertiary alicyclic amines) is 1. The van der Waals surface area contributed by atoms with E-state index in [0.717, 1.165) is 37.2 Å². The quantitative estimate of drug-likeness (QED) is 0.844. The molecule has 2 aromatic heterocycles. The van der Waals surface area contributed by atoms with Gasteiger partial charge in [-0.25, -0.2) is 0 Å². The molecule has 4 nitrogen and oxygen atoms in total. The van der Waals surface area contributed by atoms with Gasteiger partial charge >= 0.3 is 0 Å². The van der Waals surface area contributed by atoms with E-state index in [4.69, 9.17) is 0 Å². The number of hydrogen-bond donors (Lipinski definition) is 0. The summed E-state index contributed by atoms with van der Waals surface area (Å²) in [6, 6.07) is 1.89. The van der Waals surface area contributed by atoms with Crippen molar-refractivity contribution in [1.82, 2.24) is 14.9 Å². The van der Waals surface area contributed by atoms with Crippen LogP contribution in [0.2, 0.25) is 0 Å². The Bertz CT molecular complexity index is 541. The fourth-order valence-corrected chi connectivity index (χ4v) is 3.12. The third-order valence-electron chi connectivity index (χ3n) is 3.48. The van der Waals surface area contributed by atoms with Gasteiger partial charge in [0.05, 0.1) is 11.3 Å². The molecule has 0 spiro atoms. The molecule has 1 fully saturated rings. The van der Waals surface area contributed by atoms with E-state index < -0.39 is 0 Å². The Morgan fingerprint density at radius 3 is 3.11 bits per heavy atom. The Kier molecular flexibility index (Phi) is 3.55. The molecule has 1 atom stereocenters. The zero-order valence-electron chi connectivity index (χ0n) is 10.5. The summed E-state index contributed by atoms with van der Waals surface area (Å²) in [6.45, 7) is 1.58. The predicted octanol–water partition coefficient (Wildman–Crippen LogP) is 2.56. The van der Waals surface area contributed by atoms with E-state index in [1.165, 1.54) is 0 Å². The van der Waals surface area contributed by atoms with Gasteiger partial charge in [0.2, 0.25) is 0 Å². The van der Waals surface area contributed by atoms with E-state index in [0.29, 0.717) is 5.92 Å². The third-order valence-corrected chi connectivity index (χ3v) is 4.16. The highest BCUT2D eigenvalue weighted by molar-refractivity contribution is 7.08. The summed E-state index contributed by atoms with van der Waals surface area (Å²) in [5.41, 5.74) is 1.79. The third kappa shape index (κ3) is 2.66. The van der Waals surface area contributed by atoms with Crippen LogP contribution in [0.4, 0.5) is 0 Å². The van der Waals surface area contributed by atoms with Crippen molar-refractivity contribution in [2.75, 3.05) is 13.1 Å². The topological polar surface area (TPSA) is 46.1 Å². The Hall–Kier alpha value is -1.75. The lowest BCUT2D eigenvalue weighted by Crippen LogP contribution is -2.39. The molecule has 0 aromatic carbocycles. The van der Waals surface area contributed by atoms with Crippen LogP contribution in [0.5, 0.6) is 0 Å². The fourth-order valence-electron chi connectivity index (χ4n) is 2.49. The van der Waals surface area contributed by atoms with Crippen LogP contribution >= 0.6 is 11.3 Å². The zero-order valence-corrected chi connectivity index (χ0v) is 11.3. The number of hydrogen-bond acceptors (Lipinski definition) is 4. The van der Waals surface area contributed by atoms with E-state index in [1.54, 1.807) is 23.7 Å². The minimum atomic E-state index is 0.134. The minimum Gasteiger partial charge on any atom is -0.338 e. The molecule has 1 amide bonds. The smallest absolute Gasteiger partial charge is 0.254 e. The standard InChI is InChI=1S/C14H15N3OS/c18-14(12-3-7-19-10-12)17-6-1-2-11(9-17)13-8-15-4-5-16-13/h3-5,7-8,10-11H,1-2,6,9H2/t11-/m0/s1. The van der Waals surface area contributed by atoms with Gasteiger partial charge in [0.15, 0.2) is 0 Å². The maximum absolute atomic E-state index is 12.3. The highest BCUT2D eigenvalue weighted by Crippen LogP contribution is 2.26. The molecule has 3 rings (SSSR count). The van der Waals surface area contributed by atoms with Crippen LogP contribution in [0.1, 0.15) is 34.8 Å². The monoisotopic (exact) mass is 273 g/mol. The summed E-state index contributed by atoms with van der Waals surface area (Å²) >= 11 is 1.56. The van der Waals surface area contributed by atoms with Crippen molar-refractivity contribution in [3.63, 3.8) is 0 Å². The van der Waals surface area contributed by atoms with E-state index in [9.17, 15) is 4.79 Å². The normalized spacial score (nSPS) is 19.4. The first-order valence-corrected chi connectivity index (χ1v) is 7.36. The molecule has 0 unspecified atom stereocenters. The molecule has 1 aliphatic rings. The summed E-state index contributed by atoms with van der Waals surface area (Å²) in [6.07, 6.45) is 7.31. The number of aromatic nitrogens is 2. The molecule has 98 valence electrons. The van der Waals surface area contributed by atoms with Crippen molar-refractivity contribution in [3.05, 3.63) is 46.7 Å². The first kappa shape index (κ1) is 12.3. The lowest BCUT2D eigenvalue weighted by Gasteiger charge is -2.32. The summed E-state index contributed by atoms with van der Waals surface area (Å²) in [7, 11) is 0. The van der Waals surface area contributed by atoms with Crippen LogP contribution in [-0.2, 0) is 0 Å². The second-order valence-corrected chi connectivity index (χ2v) is 5.51. The van der Waals surface area contributed by atoms with Gasteiger partial charge in [-0.1, -0.05) is 0 Å². The van der Waals surface area contributed by atoms with Crippen LogP contribution in [0.25, 0.3) is 0 Å². The number of carbonyl (C=O) groups is 1.